The highest BCUT2D eigenvalue weighted by molar-refractivity contribution is 6.31. The van der Waals surface area contributed by atoms with Crippen LogP contribution in [0.4, 0.5) is 22.0 Å². The smallest absolute Gasteiger partial charge is 0.337 e. The fraction of sp³-hybridized carbons (Fsp3) is 0.583. The molecule has 3 atom stereocenters. The van der Waals surface area contributed by atoms with Gasteiger partial charge in [-0.3, -0.25) is 14.5 Å². The lowest BCUT2D eigenvalue weighted by Gasteiger charge is -2.59. The predicted molar refractivity (Wildman–Crippen MR) is 120 cm³/mol. The summed E-state index contributed by atoms with van der Waals surface area (Å²) in [5.41, 5.74) is -0.898. The van der Waals surface area contributed by atoms with E-state index in [1.54, 1.807) is 31.2 Å². The summed E-state index contributed by atoms with van der Waals surface area (Å²) in [6.45, 7) is 2.51. The molecule has 0 saturated carbocycles. The van der Waals surface area contributed by atoms with E-state index in [2.05, 4.69) is 6.58 Å². The van der Waals surface area contributed by atoms with Crippen LogP contribution in [-0.4, -0.2) is 83.9 Å². The van der Waals surface area contributed by atoms with Gasteiger partial charge in [-0.05, 0) is 31.1 Å². The van der Waals surface area contributed by atoms with Crippen molar-refractivity contribution in [2.45, 2.75) is 37.4 Å². The molecule has 35 heavy (non-hydrogen) atoms. The van der Waals surface area contributed by atoms with Crippen LogP contribution in [0, 0.1) is 11.3 Å². The van der Waals surface area contributed by atoms with Gasteiger partial charge in [-0.15, -0.1) is 0 Å². The Morgan fingerprint density at radius 1 is 1.17 bits per heavy atom. The van der Waals surface area contributed by atoms with E-state index < -0.39 is 60.3 Å². The minimum absolute atomic E-state index is 0.0115. The van der Waals surface area contributed by atoms with Crippen LogP contribution in [0.3, 0.4) is 0 Å². The van der Waals surface area contributed by atoms with E-state index in [1.165, 1.54) is 4.90 Å². The zero-order chi connectivity index (χ0) is 25.8. The first kappa shape index (κ1) is 25.9. The molecule has 0 aromatic heterocycles. The lowest BCUT2D eigenvalue weighted by molar-refractivity contribution is -0.232. The summed E-state index contributed by atoms with van der Waals surface area (Å²) in [5, 5.41) is 0.321. The van der Waals surface area contributed by atoms with Gasteiger partial charge in [0.2, 0.25) is 11.8 Å². The van der Waals surface area contributed by atoms with Crippen LogP contribution in [-0.2, 0) is 9.59 Å². The van der Waals surface area contributed by atoms with Crippen molar-refractivity contribution < 1.29 is 31.5 Å². The number of likely N-dealkylation sites (tertiary alicyclic amines) is 3. The van der Waals surface area contributed by atoms with E-state index in [1.807, 2.05) is 0 Å². The average Bonchev–Trinajstić information content (AvgIpc) is 3.14. The zero-order valence-corrected chi connectivity index (χ0v) is 20.0. The molecular formula is C24H27ClF5N3O2. The van der Waals surface area contributed by atoms with Crippen molar-refractivity contribution >= 4 is 23.4 Å². The maximum atomic E-state index is 15.4. The summed E-state index contributed by atoms with van der Waals surface area (Å²) in [5.74, 6) is -5.86. The van der Waals surface area contributed by atoms with Gasteiger partial charge in [-0.25, -0.2) is 8.78 Å². The van der Waals surface area contributed by atoms with Gasteiger partial charge in [0.1, 0.15) is 0 Å². The third-order valence-electron chi connectivity index (χ3n) is 7.54. The average molecular weight is 520 g/mol. The molecule has 4 rings (SSSR count). The van der Waals surface area contributed by atoms with Crippen LogP contribution in [0.5, 0.6) is 0 Å². The third kappa shape index (κ3) is 4.79. The Balaban J connectivity index is 1.56. The maximum absolute atomic E-state index is 15.4. The summed E-state index contributed by atoms with van der Waals surface area (Å²) < 4.78 is 70.1. The largest absolute Gasteiger partial charge is 0.401 e. The maximum Gasteiger partial charge on any atom is 0.401 e. The Labute approximate surface area is 205 Å². The van der Waals surface area contributed by atoms with Gasteiger partial charge in [0, 0.05) is 43.2 Å². The summed E-state index contributed by atoms with van der Waals surface area (Å²) in [6.07, 6.45) is -3.39. The van der Waals surface area contributed by atoms with Crippen LogP contribution in [0.25, 0.3) is 0 Å². The second-order valence-electron chi connectivity index (χ2n) is 9.95. The molecule has 1 spiro atoms. The van der Waals surface area contributed by atoms with Crippen molar-refractivity contribution in [1.29, 1.82) is 0 Å². The highest BCUT2D eigenvalue weighted by Crippen LogP contribution is 2.52. The molecule has 0 N–H and O–H groups in total. The third-order valence-corrected chi connectivity index (χ3v) is 7.88. The van der Waals surface area contributed by atoms with E-state index in [9.17, 15) is 22.8 Å². The number of benzene rings is 1. The Morgan fingerprint density at radius 2 is 1.83 bits per heavy atom. The molecule has 5 nitrogen and oxygen atoms in total. The summed E-state index contributed by atoms with van der Waals surface area (Å²) in [6, 6.07) is 6.05. The quantitative estimate of drug-likeness (QED) is 0.443. The molecule has 3 aliphatic rings. The van der Waals surface area contributed by atoms with Crippen molar-refractivity contribution in [1.82, 2.24) is 14.7 Å². The summed E-state index contributed by atoms with van der Waals surface area (Å²) in [7, 11) is 0. The Hall–Kier alpha value is -2.20. The number of piperidine rings is 1. The van der Waals surface area contributed by atoms with Crippen LogP contribution >= 0.6 is 11.6 Å². The van der Waals surface area contributed by atoms with Crippen LogP contribution < -0.4 is 0 Å². The van der Waals surface area contributed by atoms with Gasteiger partial charge >= 0.3 is 6.18 Å². The molecule has 0 unspecified atom stereocenters. The number of alkyl halides is 5. The number of nitrogens with zero attached hydrogens (tertiary/aromatic N) is 3. The number of hydrogen-bond donors (Lipinski definition) is 0. The van der Waals surface area contributed by atoms with Gasteiger partial charge in [-0.1, -0.05) is 36.4 Å². The zero-order valence-electron chi connectivity index (χ0n) is 19.2. The monoisotopic (exact) mass is 519 g/mol. The first-order valence-corrected chi connectivity index (χ1v) is 11.8. The van der Waals surface area contributed by atoms with E-state index in [0.29, 0.717) is 10.6 Å². The van der Waals surface area contributed by atoms with Gasteiger partial charge < -0.3 is 9.80 Å². The molecule has 3 saturated heterocycles. The summed E-state index contributed by atoms with van der Waals surface area (Å²) >= 11 is 6.30. The Kier molecular flexibility index (Phi) is 6.68. The normalized spacial score (nSPS) is 28.1. The fourth-order valence-electron chi connectivity index (χ4n) is 5.81. The minimum Gasteiger partial charge on any atom is -0.337 e. The fourth-order valence-corrected chi connectivity index (χ4v) is 6.09. The van der Waals surface area contributed by atoms with Gasteiger partial charge in [0.05, 0.1) is 24.4 Å². The van der Waals surface area contributed by atoms with Gasteiger partial charge in [-0.2, -0.15) is 13.2 Å². The topological polar surface area (TPSA) is 43.9 Å². The second-order valence-corrected chi connectivity index (χ2v) is 10.4. The van der Waals surface area contributed by atoms with Crippen molar-refractivity contribution in [2.75, 3.05) is 39.3 Å². The molecule has 1 aromatic carbocycles. The van der Waals surface area contributed by atoms with Crippen molar-refractivity contribution in [3.63, 3.8) is 0 Å². The molecular weight excluding hydrogens is 493 g/mol. The number of carbonyl (C=O) groups is 2. The standard InChI is InChI=1S/C24H27ClF5N3O2/c1-3-20(34)32-11-22(12-32)8-15(2)33(13-23(22,26)27)21(35)18-10-31(14-24(28,29)30)9-17(18)16-6-4-5-7-19(16)25/h3-7,15,17-18H,1,8-14H2,2H3/t15-,17-,18-/m0/s1. The van der Waals surface area contributed by atoms with Gasteiger partial charge in [0.15, 0.2) is 0 Å². The number of halogens is 6. The SMILES string of the molecule is C=CC(=O)N1CC2(C[C@H](C)N(C(=O)[C@H]3CN(CC(F)(F)F)C[C@H]3c3ccccc3Cl)CC2(F)F)C1. The molecule has 3 heterocycles. The first-order chi connectivity index (χ1) is 16.3. The first-order valence-electron chi connectivity index (χ1n) is 11.4. The molecule has 3 aliphatic heterocycles. The molecule has 3 fully saturated rings. The molecule has 1 aromatic rings. The van der Waals surface area contributed by atoms with E-state index in [4.69, 9.17) is 11.6 Å². The lowest BCUT2D eigenvalue weighted by atomic mass is 9.66. The lowest BCUT2D eigenvalue weighted by Crippen LogP contribution is -2.73. The van der Waals surface area contributed by atoms with E-state index in [-0.39, 0.29) is 32.6 Å². The van der Waals surface area contributed by atoms with Crippen LogP contribution in [0.2, 0.25) is 5.02 Å². The van der Waals surface area contributed by atoms with E-state index in [0.717, 1.165) is 15.9 Å². The molecule has 2 amide bonds. The minimum atomic E-state index is -4.46. The van der Waals surface area contributed by atoms with Gasteiger partial charge in [0.25, 0.3) is 5.92 Å². The molecule has 11 heteroatoms. The van der Waals surface area contributed by atoms with Crippen molar-refractivity contribution in [2.24, 2.45) is 11.3 Å². The molecule has 0 bridgehead atoms. The molecule has 0 aliphatic carbocycles. The van der Waals surface area contributed by atoms with Crippen molar-refractivity contribution in [3.05, 3.63) is 47.5 Å². The molecule has 192 valence electrons. The Morgan fingerprint density at radius 3 is 2.43 bits per heavy atom. The highest BCUT2D eigenvalue weighted by Gasteiger charge is 2.65. The van der Waals surface area contributed by atoms with Crippen LogP contribution in [0.15, 0.2) is 36.9 Å². The second kappa shape index (κ2) is 9.03. The highest BCUT2D eigenvalue weighted by atomic mass is 35.5. The van der Waals surface area contributed by atoms with Crippen molar-refractivity contribution in [3.8, 4) is 0 Å². The molecule has 0 radical (unpaired) electrons. The number of rotatable bonds is 4. The number of amides is 2. The summed E-state index contributed by atoms with van der Waals surface area (Å²) in [4.78, 5) is 28.9. The Bertz CT molecular complexity index is 1010. The van der Waals surface area contributed by atoms with E-state index >= 15 is 8.78 Å². The number of hydrogen-bond acceptors (Lipinski definition) is 3. The number of carbonyl (C=O) groups excluding carboxylic acids is 2. The van der Waals surface area contributed by atoms with Crippen LogP contribution in [0.1, 0.15) is 24.8 Å². The predicted octanol–water partition coefficient (Wildman–Crippen LogP) is 4.19.